The van der Waals surface area contributed by atoms with E-state index in [0.717, 1.165) is 0 Å². The topological polar surface area (TPSA) is 15.3 Å². The normalized spacial score (nSPS) is 24.6. The van der Waals surface area contributed by atoms with E-state index in [-0.39, 0.29) is 0 Å². The van der Waals surface area contributed by atoms with Crippen LogP contribution < -0.4 is 5.32 Å². The lowest BCUT2D eigenvalue weighted by atomic mass is 10.0. The first-order chi connectivity index (χ1) is 7.74. The monoisotopic (exact) mass is 256 g/mol. The van der Waals surface area contributed by atoms with Crippen LogP contribution in [0.4, 0.5) is 0 Å². The molecule has 2 rings (SSSR count). The van der Waals surface area contributed by atoms with Gasteiger partial charge in [0.15, 0.2) is 0 Å². The Morgan fingerprint density at radius 1 is 1.56 bits per heavy atom. The van der Waals surface area contributed by atoms with E-state index in [9.17, 15) is 0 Å². The van der Waals surface area contributed by atoms with Gasteiger partial charge in [-0.05, 0) is 38.0 Å². The lowest BCUT2D eigenvalue weighted by Gasteiger charge is -2.37. The molecule has 2 heterocycles. The van der Waals surface area contributed by atoms with Crippen molar-refractivity contribution in [2.45, 2.75) is 19.0 Å². The van der Waals surface area contributed by atoms with Crippen LogP contribution in [0.25, 0.3) is 0 Å². The first kappa shape index (κ1) is 12.4. The molecule has 2 unspecified atom stereocenters. The molecular formula is C12H20N2S2. The molecule has 4 heteroatoms. The van der Waals surface area contributed by atoms with Gasteiger partial charge in [0.2, 0.25) is 0 Å². The Morgan fingerprint density at radius 3 is 2.94 bits per heavy atom. The summed E-state index contributed by atoms with van der Waals surface area (Å²) in [7, 11) is 4.33. The lowest BCUT2D eigenvalue weighted by molar-refractivity contribution is 0.222. The van der Waals surface area contributed by atoms with E-state index in [1.54, 1.807) is 0 Å². The van der Waals surface area contributed by atoms with Crippen molar-refractivity contribution in [3.63, 3.8) is 0 Å². The second-order valence-electron chi connectivity index (χ2n) is 4.36. The van der Waals surface area contributed by atoms with Crippen molar-refractivity contribution in [3.05, 3.63) is 21.9 Å². The molecule has 1 aliphatic rings. The van der Waals surface area contributed by atoms with E-state index in [1.807, 2.05) is 11.3 Å². The summed E-state index contributed by atoms with van der Waals surface area (Å²) in [5, 5.41) is 5.70. The Labute approximate surface area is 106 Å². The van der Waals surface area contributed by atoms with E-state index < -0.39 is 0 Å². The third-order valence-electron chi connectivity index (χ3n) is 3.32. The number of aryl methyl sites for hydroxylation is 1. The molecule has 0 amide bonds. The van der Waals surface area contributed by atoms with Crippen LogP contribution in [0.5, 0.6) is 0 Å². The fraction of sp³-hybridized carbons (Fsp3) is 0.667. The molecule has 1 aromatic rings. The summed E-state index contributed by atoms with van der Waals surface area (Å²) in [5.74, 6) is 2.51. The Morgan fingerprint density at radius 2 is 2.38 bits per heavy atom. The van der Waals surface area contributed by atoms with Gasteiger partial charge in [0, 0.05) is 29.0 Å². The zero-order valence-electron chi connectivity index (χ0n) is 10.2. The Balaban J connectivity index is 2.18. The van der Waals surface area contributed by atoms with Gasteiger partial charge in [-0.3, -0.25) is 4.90 Å². The molecule has 90 valence electrons. The second kappa shape index (κ2) is 5.54. The molecule has 0 radical (unpaired) electrons. The van der Waals surface area contributed by atoms with E-state index in [1.165, 1.54) is 28.5 Å². The van der Waals surface area contributed by atoms with Crippen molar-refractivity contribution in [3.8, 4) is 0 Å². The van der Waals surface area contributed by atoms with E-state index in [2.05, 4.69) is 54.4 Å². The number of nitrogens with one attached hydrogen (secondary N) is 1. The summed E-state index contributed by atoms with van der Waals surface area (Å²) < 4.78 is 0. The van der Waals surface area contributed by atoms with Gasteiger partial charge in [-0.1, -0.05) is 0 Å². The van der Waals surface area contributed by atoms with Gasteiger partial charge < -0.3 is 5.32 Å². The van der Waals surface area contributed by atoms with Gasteiger partial charge in [0.05, 0.1) is 6.04 Å². The van der Waals surface area contributed by atoms with E-state index in [0.29, 0.717) is 12.1 Å². The average molecular weight is 256 g/mol. The minimum Gasteiger partial charge on any atom is -0.311 e. The summed E-state index contributed by atoms with van der Waals surface area (Å²) in [5.41, 5.74) is 1.42. The Kier molecular flexibility index (Phi) is 4.30. The van der Waals surface area contributed by atoms with Gasteiger partial charge in [-0.2, -0.15) is 11.8 Å². The maximum Gasteiger partial charge on any atom is 0.0581 e. The van der Waals surface area contributed by atoms with Crippen LogP contribution in [-0.4, -0.2) is 43.1 Å². The third kappa shape index (κ3) is 2.45. The van der Waals surface area contributed by atoms with Crippen LogP contribution in [0.3, 0.4) is 0 Å². The molecule has 0 saturated carbocycles. The maximum atomic E-state index is 3.50. The van der Waals surface area contributed by atoms with Crippen molar-refractivity contribution >= 4 is 23.1 Å². The summed E-state index contributed by atoms with van der Waals surface area (Å²) in [6, 6.07) is 3.33. The third-order valence-corrected chi connectivity index (χ3v) is 5.47. The Hall–Kier alpha value is -0.0300. The number of rotatable bonds is 3. The number of thiophene rings is 1. The number of hydrogen-bond donors (Lipinski definition) is 1. The first-order valence-electron chi connectivity index (χ1n) is 5.73. The largest absolute Gasteiger partial charge is 0.311 e. The van der Waals surface area contributed by atoms with Gasteiger partial charge in [-0.25, -0.2) is 0 Å². The summed E-state index contributed by atoms with van der Waals surface area (Å²) in [6.07, 6.45) is 0. The highest BCUT2D eigenvalue weighted by atomic mass is 32.2. The van der Waals surface area contributed by atoms with Gasteiger partial charge in [0.1, 0.15) is 0 Å². The van der Waals surface area contributed by atoms with Crippen LogP contribution >= 0.6 is 23.1 Å². The molecule has 2 atom stereocenters. The fourth-order valence-corrected chi connectivity index (χ4v) is 4.62. The van der Waals surface area contributed by atoms with Crippen molar-refractivity contribution in [2.24, 2.45) is 0 Å². The van der Waals surface area contributed by atoms with Crippen LogP contribution in [0.15, 0.2) is 11.4 Å². The Bertz CT molecular complexity index is 338. The predicted molar refractivity (Wildman–Crippen MR) is 74.6 cm³/mol. The molecule has 1 saturated heterocycles. The molecule has 16 heavy (non-hydrogen) atoms. The number of likely N-dealkylation sites (N-methyl/N-ethyl adjacent to an activating group) is 2. The zero-order chi connectivity index (χ0) is 11.5. The highest BCUT2D eigenvalue weighted by Crippen LogP contribution is 2.31. The average Bonchev–Trinajstić information content (AvgIpc) is 2.69. The fourth-order valence-electron chi connectivity index (χ4n) is 2.26. The van der Waals surface area contributed by atoms with Crippen LogP contribution in [0.1, 0.15) is 16.5 Å². The minimum atomic E-state index is 0.484. The number of thioether (sulfide) groups is 1. The van der Waals surface area contributed by atoms with E-state index in [4.69, 9.17) is 0 Å². The standard InChI is InChI=1S/C12H20N2S2/c1-9-4-6-16-12(9)11(13-2)10-8-15-7-5-14(10)3/h4,6,10-11,13H,5,7-8H2,1-3H3. The van der Waals surface area contributed by atoms with Crippen molar-refractivity contribution in [1.82, 2.24) is 10.2 Å². The van der Waals surface area contributed by atoms with Crippen LogP contribution in [0, 0.1) is 6.92 Å². The summed E-state index contributed by atoms with van der Waals surface area (Å²) in [4.78, 5) is 4.00. The first-order valence-corrected chi connectivity index (χ1v) is 7.76. The van der Waals surface area contributed by atoms with Gasteiger partial charge in [-0.15, -0.1) is 11.3 Å². The molecule has 0 aromatic carbocycles. The lowest BCUT2D eigenvalue weighted by Crippen LogP contribution is -2.46. The molecule has 0 aliphatic carbocycles. The molecule has 0 bridgehead atoms. The molecule has 1 N–H and O–H groups in total. The molecule has 1 aromatic heterocycles. The maximum absolute atomic E-state index is 3.50. The van der Waals surface area contributed by atoms with Gasteiger partial charge in [0.25, 0.3) is 0 Å². The molecule has 1 fully saturated rings. The van der Waals surface area contributed by atoms with Crippen molar-refractivity contribution in [2.75, 3.05) is 32.1 Å². The SMILES string of the molecule is CNC(c1sccc1C)C1CSCCN1C. The predicted octanol–water partition coefficient (Wildman–Crippen LogP) is 2.36. The van der Waals surface area contributed by atoms with Gasteiger partial charge >= 0.3 is 0 Å². The highest BCUT2D eigenvalue weighted by molar-refractivity contribution is 7.99. The zero-order valence-corrected chi connectivity index (χ0v) is 11.8. The highest BCUT2D eigenvalue weighted by Gasteiger charge is 2.29. The second-order valence-corrected chi connectivity index (χ2v) is 6.45. The molecule has 2 nitrogen and oxygen atoms in total. The molecular weight excluding hydrogens is 236 g/mol. The minimum absolute atomic E-state index is 0.484. The smallest absolute Gasteiger partial charge is 0.0581 e. The summed E-state index contributed by atoms with van der Waals surface area (Å²) in [6.45, 7) is 3.42. The number of hydrogen-bond acceptors (Lipinski definition) is 4. The van der Waals surface area contributed by atoms with Crippen LogP contribution in [0.2, 0.25) is 0 Å². The van der Waals surface area contributed by atoms with Crippen molar-refractivity contribution < 1.29 is 0 Å². The molecule has 0 spiro atoms. The van der Waals surface area contributed by atoms with Crippen LogP contribution in [-0.2, 0) is 0 Å². The summed E-state index contributed by atoms with van der Waals surface area (Å²) >= 11 is 3.96. The van der Waals surface area contributed by atoms with Crippen molar-refractivity contribution in [1.29, 1.82) is 0 Å². The van der Waals surface area contributed by atoms with E-state index >= 15 is 0 Å². The number of nitrogens with zero attached hydrogens (tertiary/aromatic N) is 1. The molecule has 1 aliphatic heterocycles. The quantitative estimate of drug-likeness (QED) is 0.894.